The molecule has 1 heterocycles. The monoisotopic (exact) mass is 368 g/mol. The largest absolute Gasteiger partial charge is 0.396 e. The summed E-state index contributed by atoms with van der Waals surface area (Å²) in [6, 6.07) is 4.84. The first kappa shape index (κ1) is 17.2. The quantitative estimate of drug-likeness (QED) is 0.655. The van der Waals surface area contributed by atoms with Crippen molar-refractivity contribution in [2.45, 2.75) is 44.1 Å². The van der Waals surface area contributed by atoms with Crippen molar-refractivity contribution < 1.29 is 14.4 Å². The Hall–Kier alpha value is -1.59. The Morgan fingerprint density at radius 2 is 2.00 bits per heavy atom. The van der Waals surface area contributed by atoms with Gasteiger partial charge in [0.2, 0.25) is 5.91 Å². The maximum Gasteiger partial charge on any atom is 0.236 e. The van der Waals surface area contributed by atoms with E-state index in [1.165, 1.54) is 0 Å². The molecule has 7 heteroatoms. The second-order valence-corrected chi connectivity index (χ2v) is 6.95. The van der Waals surface area contributed by atoms with E-state index in [-0.39, 0.29) is 11.7 Å². The Morgan fingerprint density at radius 3 is 2.62 bits per heavy atom. The number of oxime groups is 1. The third-order valence-corrected chi connectivity index (χ3v) is 5.20. The van der Waals surface area contributed by atoms with Crippen LogP contribution in [0.25, 0.3) is 0 Å². The van der Waals surface area contributed by atoms with Crippen molar-refractivity contribution in [3.05, 3.63) is 33.8 Å². The van der Waals surface area contributed by atoms with Gasteiger partial charge < -0.3 is 10.2 Å². The Labute approximate surface area is 150 Å². The van der Waals surface area contributed by atoms with Gasteiger partial charge in [-0.15, -0.1) is 0 Å². The lowest BCUT2D eigenvalue weighted by atomic mass is 9.76. The average molecular weight is 369 g/mol. The molecule has 1 aromatic rings. The standard InChI is InChI=1S/C17H18Cl2N2O3/c1-2-24-21-11-5-7-17(8-6-11)15(22)14(16(23)20-17)12-4-3-10(18)9-13(12)19/h3-4,9,14H,2,5-8H2,1H3,(H,20,23). The third-order valence-electron chi connectivity index (χ3n) is 4.64. The summed E-state index contributed by atoms with van der Waals surface area (Å²) in [5.74, 6) is -1.29. The van der Waals surface area contributed by atoms with E-state index in [4.69, 9.17) is 28.0 Å². The summed E-state index contributed by atoms with van der Waals surface area (Å²) in [7, 11) is 0. The normalized spacial score (nSPS) is 26.6. The molecule has 1 saturated carbocycles. The Balaban J connectivity index is 1.82. The van der Waals surface area contributed by atoms with E-state index in [9.17, 15) is 9.59 Å². The van der Waals surface area contributed by atoms with Crippen LogP contribution < -0.4 is 5.32 Å². The van der Waals surface area contributed by atoms with E-state index in [1.807, 2.05) is 6.92 Å². The van der Waals surface area contributed by atoms with Crippen molar-refractivity contribution in [3.8, 4) is 0 Å². The van der Waals surface area contributed by atoms with Crippen LogP contribution in [-0.4, -0.2) is 29.5 Å². The van der Waals surface area contributed by atoms with E-state index < -0.39 is 11.5 Å². The smallest absolute Gasteiger partial charge is 0.236 e. The molecule has 5 nitrogen and oxygen atoms in total. The number of benzene rings is 1. The predicted molar refractivity (Wildman–Crippen MR) is 92.6 cm³/mol. The van der Waals surface area contributed by atoms with Crippen LogP contribution in [0.5, 0.6) is 0 Å². The van der Waals surface area contributed by atoms with Gasteiger partial charge in [0.25, 0.3) is 0 Å². The van der Waals surface area contributed by atoms with Crippen molar-refractivity contribution in [2.24, 2.45) is 5.16 Å². The molecule has 24 heavy (non-hydrogen) atoms. The fraction of sp³-hybridized carbons (Fsp3) is 0.471. The van der Waals surface area contributed by atoms with Gasteiger partial charge in [0, 0.05) is 10.0 Å². The summed E-state index contributed by atoms with van der Waals surface area (Å²) in [5, 5.41) is 7.78. The lowest BCUT2D eigenvalue weighted by Gasteiger charge is -2.32. The van der Waals surface area contributed by atoms with Crippen molar-refractivity contribution in [2.75, 3.05) is 6.61 Å². The molecule has 3 rings (SSSR count). The molecule has 1 unspecified atom stereocenters. The zero-order chi connectivity index (χ0) is 17.3. The zero-order valence-corrected chi connectivity index (χ0v) is 14.8. The number of hydrogen-bond donors (Lipinski definition) is 1. The Kier molecular flexibility index (Phi) is 4.83. The molecular formula is C17H18Cl2N2O3. The van der Waals surface area contributed by atoms with Crippen molar-refractivity contribution >= 4 is 40.6 Å². The molecule has 0 bridgehead atoms. The van der Waals surface area contributed by atoms with E-state index in [0.717, 1.165) is 5.71 Å². The van der Waals surface area contributed by atoms with Gasteiger partial charge in [-0.3, -0.25) is 9.59 Å². The van der Waals surface area contributed by atoms with E-state index in [1.54, 1.807) is 18.2 Å². The van der Waals surface area contributed by atoms with E-state index in [0.29, 0.717) is 47.9 Å². The molecule has 1 N–H and O–H groups in total. The summed E-state index contributed by atoms with van der Waals surface area (Å²) >= 11 is 12.1. The maximum atomic E-state index is 13.0. The number of hydrogen-bond acceptors (Lipinski definition) is 4. The van der Waals surface area contributed by atoms with Crippen LogP contribution in [0.15, 0.2) is 23.4 Å². The molecule has 1 aliphatic carbocycles. The molecular weight excluding hydrogens is 351 g/mol. The highest BCUT2D eigenvalue weighted by molar-refractivity contribution is 6.36. The predicted octanol–water partition coefficient (Wildman–Crippen LogP) is 3.48. The van der Waals surface area contributed by atoms with Crippen LogP contribution in [0.4, 0.5) is 0 Å². The van der Waals surface area contributed by atoms with Crippen LogP contribution in [-0.2, 0) is 14.4 Å². The third kappa shape index (κ3) is 3.03. The maximum absolute atomic E-state index is 13.0. The van der Waals surface area contributed by atoms with Gasteiger partial charge in [-0.1, -0.05) is 34.4 Å². The number of rotatable bonds is 3. The number of carbonyl (C=O) groups excluding carboxylic acids is 2. The van der Waals surface area contributed by atoms with Crippen LogP contribution in [0.1, 0.15) is 44.1 Å². The summed E-state index contributed by atoms with van der Waals surface area (Å²) in [5.41, 5.74) is 0.613. The minimum Gasteiger partial charge on any atom is -0.396 e. The number of Topliss-reactive ketones (excluding diaryl/α,β-unsaturated/α-hetero) is 1. The Morgan fingerprint density at radius 1 is 1.29 bits per heavy atom. The van der Waals surface area contributed by atoms with Crippen LogP contribution in [0, 0.1) is 0 Å². The van der Waals surface area contributed by atoms with Crippen LogP contribution in [0.2, 0.25) is 10.0 Å². The number of amides is 1. The second-order valence-electron chi connectivity index (χ2n) is 6.11. The topological polar surface area (TPSA) is 67.8 Å². The van der Waals surface area contributed by atoms with Gasteiger partial charge in [-0.05, 0) is 50.3 Å². The van der Waals surface area contributed by atoms with E-state index >= 15 is 0 Å². The SMILES string of the molecule is CCON=C1CCC2(CC1)NC(=O)C(c1ccc(Cl)cc1Cl)C2=O. The van der Waals surface area contributed by atoms with Crippen molar-refractivity contribution in [3.63, 3.8) is 0 Å². The fourth-order valence-electron chi connectivity index (χ4n) is 3.37. The van der Waals surface area contributed by atoms with Gasteiger partial charge >= 0.3 is 0 Å². The molecule has 0 radical (unpaired) electrons. The zero-order valence-electron chi connectivity index (χ0n) is 13.3. The first-order valence-electron chi connectivity index (χ1n) is 7.96. The van der Waals surface area contributed by atoms with Crippen LogP contribution >= 0.6 is 23.2 Å². The average Bonchev–Trinajstić information content (AvgIpc) is 2.78. The first-order valence-corrected chi connectivity index (χ1v) is 8.71. The highest BCUT2D eigenvalue weighted by Crippen LogP contribution is 2.40. The second kappa shape index (κ2) is 6.73. The van der Waals surface area contributed by atoms with Crippen molar-refractivity contribution in [1.29, 1.82) is 0 Å². The molecule has 1 atom stereocenters. The van der Waals surface area contributed by atoms with Crippen LogP contribution in [0.3, 0.4) is 0 Å². The Bertz CT molecular complexity index is 708. The molecule has 128 valence electrons. The fourth-order valence-corrected chi connectivity index (χ4v) is 3.88. The molecule has 1 aliphatic heterocycles. The minimum absolute atomic E-state index is 0.118. The molecule has 1 amide bonds. The summed E-state index contributed by atoms with van der Waals surface area (Å²) in [4.78, 5) is 30.6. The lowest BCUT2D eigenvalue weighted by Crippen LogP contribution is -2.49. The number of carbonyl (C=O) groups is 2. The lowest BCUT2D eigenvalue weighted by molar-refractivity contribution is -0.125. The number of halogens is 2. The molecule has 2 fully saturated rings. The molecule has 1 spiro atoms. The van der Waals surface area contributed by atoms with Crippen molar-refractivity contribution in [1.82, 2.24) is 5.32 Å². The van der Waals surface area contributed by atoms with Gasteiger partial charge in [-0.2, -0.15) is 0 Å². The first-order chi connectivity index (χ1) is 11.5. The summed E-state index contributed by atoms with van der Waals surface area (Å²) < 4.78 is 0. The number of ketones is 1. The van der Waals surface area contributed by atoms with Gasteiger partial charge in [0.1, 0.15) is 18.1 Å². The molecule has 0 aromatic heterocycles. The minimum atomic E-state index is -0.875. The van der Waals surface area contributed by atoms with Gasteiger partial charge in [-0.25, -0.2) is 0 Å². The number of nitrogens with zero attached hydrogens (tertiary/aromatic N) is 1. The van der Waals surface area contributed by atoms with Gasteiger partial charge in [0.05, 0.1) is 5.71 Å². The summed E-state index contributed by atoms with van der Waals surface area (Å²) in [6.45, 7) is 2.39. The van der Waals surface area contributed by atoms with Gasteiger partial charge in [0.15, 0.2) is 5.78 Å². The molecule has 1 aromatic carbocycles. The molecule has 1 saturated heterocycles. The summed E-state index contributed by atoms with van der Waals surface area (Å²) in [6.07, 6.45) is 2.33. The van der Waals surface area contributed by atoms with E-state index in [2.05, 4.69) is 10.5 Å². The highest BCUT2D eigenvalue weighted by Gasteiger charge is 2.54. The highest BCUT2D eigenvalue weighted by atomic mass is 35.5. The number of nitrogens with one attached hydrogen (secondary N) is 1. The molecule has 2 aliphatic rings.